The van der Waals surface area contributed by atoms with Gasteiger partial charge in [0.25, 0.3) is 5.91 Å². The van der Waals surface area contributed by atoms with E-state index in [0.29, 0.717) is 11.2 Å². The number of amides is 2. The Labute approximate surface area is 241 Å². The third-order valence-corrected chi connectivity index (χ3v) is 7.35. The minimum Gasteiger partial charge on any atom is -0.494 e. The average Bonchev–Trinajstić information content (AvgIpc) is 3.32. The molecule has 2 atom stereocenters. The number of hydrogen-bond acceptors (Lipinski definition) is 8. The molecule has 2 aromatic heterocycles. The standard InChI is InChI=1S/C29H25F4N5O5/c1-14-11-35-19-8-16(9-20(42-3)23(19)37-14)25(39)36-12-28(41,29(31,32)33)21-10-18-24(43-13-27(18,2)26(34)40)22(38-21)15-4-6-17(30)7-5-15/h4-11,41H,12-13H2,1-3H3,(H2,34,40)(H,36,39)/t27-,28-/m0/s1. The average molecular weight is 600 g/mol. The van der Waals surface area contributed by atoms with Crippen LogP contribution >= 0.6 is 0 Å². The summed E-state index contributed by atoms with van der Waals surface area (Å²) in [6.07, 6.45) is -3.91. The number of rotatable bonds is 7. The summed E-state index contributed by atoms with van der Waals surface area (Å²) < 4.78 is 68.5. The van der Waals surface area contributed by atoms with Crippen LogP contribution in [0.1, 0.15) is 34.2 Å². The van der Waals surface area contributed by atoms with E-state index in [1.54, 1.807) is 6.92 Å². The predicted molar refractivity (Wildman–Crippen MR) is 145 cm³/mol. The number of carbonyl (C=O) groups is 2. The normalized spacial score (nSPS) is 17.6. The second kappa shape index (κ2) is 10.5. The lowest BCUT2D eigenvalue weighted by molar-refractivity contribution is -0.265. The summed E-state index contributed by atoms with van der Waals surface area (Å²) in [5.74, 6) is -2.35. The Balaban J connectivity index is 1.58. The molecule has 0 bridgehead atoms. The van der Waals surface area contributed by atoms with Gasteiger partial charge in [-0.1, -0.05) is 0 Å². The number of halogens is 4. The van der Waals surface area contributed by atoms with Gasteiger partial charge in [0.1, 0.15) is 40.5 Å². The first-order valence-corrected chi connectivity index (χ1v) is 12.8. The number of aromatic nitrogens is 3. The van der Waals surface area contributed by atoms with Crippen LogP contribution in [0.4, 0.5) is 17.6 Å². The Kier molecular flexibility index (Phi) is 7.20. The number of carbonyl (C=O) groups excluding carboxylic acids is 2. The van der Waals surface area contributed by atoms with Gasteiger partial charge in [-0.25, -0.2) is 14.4 Å². The molecule has 14 heteroatoms. The van der Waals surface area contributed by atoms with Crippen LogP contribution < -0.4 is 20.5 Å². The van der Waals surface area contributed by atoms with Crippen molar-refractivity contribution in [1.29, 1.82) is 0 Å². The number of primary amides is 1. The van der Waals surface area contributed by atoms with Gasteiger partial charge in [0.05, 0.1) is 30.6 Å². The number of ether oxygens (including phenoxy) is 2. The van der Waals surface area contributed by atoms with E-state index in [-0.39, 0.29) is 46.0 Å². The van der Waals surface area contributed by atoms with E-state index in [1.807, 2.05) is 0 Å². The molecule has 1 aliphatic heterocycles. The second-order valence-electron chi connectivity index (χ2n) is 10.3. The summed E-state index contributed by atoms with van der Waals surface area (Å²) in [5.41, 5.74) is 0.345. The number of nitrogens with one attached hydrogen (secondary N) is 1. The Morgan fingerprint density at radius 2 is 1.86 bits per heavy atom. The minimum absolute atomic E-state index is 0.0372. The van der Waals surface area contributed by atoms with E-state index in [2.05, 4.69) is 20.3 Å². The molecule has 0 radical (unpaired) electrons. The number of alkyl halides is 3. The van der Waals surface area contributed by atoms with E-state index in [1.165, 1.54) is 44.5 Å². The highest BCUT2D eigenvalue weighted by Gasteiger charge is 2.57. The molecular weight excluding hydrogens is 574 g/mol. The van der Waals surface area contributed by atoms with Gasteiger partial charge in [0.15, 0.2) is 0 Å². The summed E-state index contributed by atoms with van der Waals surface area (Å²) in [4.78, 5) is 38.1. The molecular formula is C29H25F4N5O5. The van der Waals surface area contributed by atoms with Crippen molar-refractivity contribution in [3.63, 3.8) is 0 Å². The zero-order chi connectivity index (χ0) is 31.3. The van der Waals surface area contributed by atoms with Crippen LogP contribution in [0.5, 0.6) is 11.5 Å². The number of nitrogens with zero attached hydrogens (tertiary/aromatic N) is 3. The summed E-state index contributed by atoms with van der Waals surface area (Å²) >= 11 is 0. The minimum atomic E-state index is -5.37. The maximum Gasteiger partial charge on any atom is 0.424 e. The number of methoxy groups -OCH3 is 1. The molecule has 43 heavy (non-hydrogen) atoms. The van der Waals surface area contributed by atoms with E-state index < -0.39 is 47.1 Å². The van der Waals surface area contributed by atoms with Crippen molar-refractivity contribution >= 4 is 22.8 Å². The molecule has 0 fully saturated rings. The van der Waals surface area contributed by atoms with Crippen molar-refractivity contribution in [3.8, 4) is 22.8 Å². The van der Waals surface area contributed by atoms with Gasteiger partial charge in [-0.3, -0.25) is 14.6 Å². The van der Waals surface area contributed by atoms with Crippen LogP contribution in [-0.4, -0.2) is 58.3 Å². The number of benzene rings is 2. The smallest absolute Gasteiger partial charge is 0.424 e. The van der Waals surface area contributed by atoms with Crippen molar-refractivity contribution in [2.45, 2.75) is 31.0 Å². The molecule has 5 rings (SSSR count). The number of nitrogens with two attached hydrogens (primary N) is 1. The maximum absolute atomic E-state index is 14.6. The highest BCUT2D eigenvalue weighted by molar-refractivity contribution is 5.99. The molecule has 0 saturated carbocycles. The number of aliphatic hydroxyl groups is 1. The van der Waals surface area contributed by atoms with Crippen molar-refractivity contribution in [2.75, 3.05) is 20.3 Å². The number of pyridine rings is 1. The molecule has 0 spiro atoms. The maximum atomic E-state index is 14.6. The molecule has 2 aromatic carbocycles. The topological polar surface area (TPSA) is 150 Å². The summed E-state index contributed by atoms with van der Waals surface area (Å²) in [7, 11) is 1.34. The zero-order valence-corrected chi connectivity index (χ0v) is 23.0. The van der Waals surface area contributed by atoms with E-state index in [4.69, 9.17) is 15.2 Å². The SMILES string of the molecule is COc1cc(C(=O)NC[C@](O)(c2cc3c(c(-c4ccc(F)cc4)n2)OC[C@]3(C)C(N)=O)C(F)(F)F)cc2ncc(C)nc12. The van der Waals surface area contributed by atoms with Gasteiger partial charge >= 0.3 is 6.18 Å². The van der Waals surface area contributed by atoms with Crippen LogP contribution in [0.3, 0.4) is 0 Å². The third-order valence-electron chi connectivity index (χ3n) is 7.35. The van der Waals surface area contributed by atoms with Crippen LogP contribution in [0.25, 0.3) is 22.3 Å². The van der Waals surface area contributed by atoms with Crippen molar-refractivity contribution < 1.29 is 41.7 Å². The Hall–Kier alpha value is -4.85. The van der Waals surface area contributed by atoms with Gasteiger partial charge in [0, 0.05) is 22.9 Å². The fourth-order valence-corrected chi connectivity index (χ4v) is 4.71. The Morgan fingerprint density at radius 3 is 2.49 bits per heavy atom. The van der Waals surface area contributed by atoms with Crippen molar-refractivity contribution in [2.24, 2.45) is 5.73 Å². The largest absolute Gasteiger partial charge is 0.494 e. The monoisotopic (exact) mass is 599 g/mol. The summed E-state index contributed by atoms with van der Waals surface area (Å²) in [6, 6.07) is 8.15. The van der Waals surface area contributed by atoms with E-state index in [9.17, 15) is 32.3 Å². The zero-order valence-electron chi connectivity index (χ0n) is 23.0. The molecule has 0 aliphatic carbocycles. The quantitative estimate of drug-likeness (QED) is 0.274. The summed E-state index contributed by atoms with van der Waals surface area (Å²) in [6.45, 7) is 1.42. The Bertz CT molecular complexity index is 1770. The van der Waals surface area contributed by atoms with Gasteiger partial charge in [-0.05, 0) is 56.3 Å². The first-order chi connectivity index (χ1) is 20.2. The highest BCUT2D eigenvalue weighted by atomic mass is 19.4. The van der Waals surface area contributed by atoms with Gasteiger partial charge in [0.2, 0.25) is 11.5 Å². The fraction of sp³-hybridized carbons (Fsp3) is 0.276. The molecule has 0 saturated heterocycles. The van der Waals surface area contributed by atoms with E-state index in [0.717, 1.165) is 18.2 Å². The third kappa shape index (κ3) is 5.07. The fourth-order valence-electron chi connectivity index (χ4n) is 4.71. The Morgan fingerprint density at radius 1 is 1.16 bits per heavy atom. The molecule has 0 unspecified atom stereocenters. The number of aryl methyl sites for hydroxylation is 1. The van der Waals surface area contributed by atoms with Gasteiger partial charge in [-0.2, -0.15) is 13.2 Å². The molecule has 3 heterocycles. The molecule has 10 nitrogen and oxygen atoms in total. The molecule has 2 amide bonds. The lowest BCUT2D eigenvalue weighted by Crippen LogP contribution is -2.51. The summed E-state index contributed by atoms with van der Waals surface area (Å²) in [5, 5.41) is 13.3. The number of hydrogen-bond donors (Lipinski definition) is 3. The van der Waals surface area contributed by atoms with Crippen LogP contribution in [0, 0.1) is 12.7 Å². The highest BCUT2D eigenvalue weighted by Crippen LogP contribution is 2.47. The lowest BCUT2D eigenvalue weighted by Gasteiger charge is -2.31. The van der Waals surface area contributed by atoms with Gasteiger partial charge in [-0.15, -0.1) is 0 Å². The molecule has 224 valence electrons. The molecule has 4 aromatic rings. The van der Waals surface area contributed by atoms with Crippen LogP contribution in [0.2, 0.25) is 0 Å². The molecule has 4 N–H and O–H groups in total. The second-order valence-corrected chi connectivity index (χ2v) is 10.3. The van der Waals surface area contributed by atoms with Crippen LogP contribution in [-0.2, 0) is 15.8 Å². The van der Waals surface area contributed by atoms with Crippen molar-refractivity contribution in [1.82, 2.24) is 20.3 Å². The van der Waals surface area contributed by atoms with Crippen molar-refractivity contribution in [3.05, 3.63) is 77.0 Å². The van der Waals surface area contributed by atoms with E-state index >= 15 is 0 Å². The molecule has 1 aliphatic rings. The first-order valence-electron chi connectivity index (χ1n) is 12.8. The predicted octanol–water partition coefficient (Wildman–Crippen LogP) is 3.46. The lowest BCUT2D eigenvalue weighted by atomic mass is 9.81. The number of fused-ring (bicyclic) bond motifs is 2. The first kappa shape index (κ1) is 29.6. The van der Waals surface area contributed by atoms with Gasteiger partial charge < -0.3 is 25.6 Å². The van der Waals surface area contributed by atoms with Crippen LogP contribution in [0.15, 0.2) is 48.7 Å².